The fraction of sp³-hybridized carbons (Fsp3) is 0.588. The number of hydrogen-bond acceptors (Lipinski definition) is 4. The second-order valence-corrected chi connectivity index (χ2v) is 7.06. The number of amides is 1. The highest BCUT2D eigenvalue weighted by molar-refractivity contribution is 5.85. The van der Waals surface area contributed by atoms with E-state index in [-0.39, 0.29) is 48.6 Å². The van der Waals surface area contributed by atoms with Gasteiger partial charge in [-0.3, -0.25) is 9.69 Å². The van der Waals surface area contributed by atoms with Gasteiger partial charge in [-0.1, -0.05) is 26.0 Å². The quantitative estimate of drug-likeness (QED) is 0.804. The average molecular weight is 396 g/mol. The summed E-state index contributed by atoms with van der Waals surface area (Å²) in [6, 6.07) is 5.56. The highest BCUT2D eigenvalue weighted by atomic mass is 35.5. The number of piperidine rings is 1. The SMILES string of the molecule is CC1(C)CN(CC(=O)NCc2ccc(OC(F)(F)F)cc2)CCC1N.Cl. The van der Waals surface area contributed by atoms with Crippen molar-refractivity contribution in [3.63, 3.8) is 0 Å². The lowest BCUT2D eigenvalue weighted by molar-refractivity contribution is -0.274. The van der Waals surface area contributed by atoms with Gasteiger partial charge in [-0.2, -0.15) is 0 Å². The molecule has 0 aromatic heterocycles. The zero-order valence-corrected chi connectivity index (χ0v) is 15.6. The number of carbonyl (C=O) groups is 1. The van der Waals surface area contributed by atoms with Crippen molar-refractivity contribution in [2.45, 2.75) is 39.2 Å². The number of rotatable bonds is 5. The summed E-state index contributed by atoms with van der Waals surface area (Å²) < 4.78 is 40.1. The summed E-state index contributed by atoms with van der Waals surface area (Å²) in [5.74, 6) is -0.406. The summed E-state index contributed by atoms with van der Waals surface area (Å²) in [6.45, 7) is 6.25. The second-order valence-electron chi connectivity index (χ2n) is 7.06. The van der Waals surface area contributed by atoms with Gasteiger partial charge in [-0.15, -0.1) is 25.6 Å². The third kappa shape index (κ3) is 7.01. The van der Waals surface area contributed by atoms with Gasteiger partial charge >= 0.3 is 6.36 Å². The molecule has 0 saturated carbocycles. The number of alkyl halides is 3. The van der Waals surface area contributed by atoms with Crippen LogP contribution in [0.5, 0.6) is 5.75 Å². The fourth-order valence-electron chi connectivity index (χ4n) is 2.89. The molecule has 1 saturated heterocycles. The van der Waals surface area contributed by atoms with Crippen LogP contribution in [0.15, 0.2) is 24.3 Å². The van der Waals surface area contributed by atoms with E-state index in [9.17, 15) is 18.0 Å². The molecule has 5 nitrogen and oxygen atoms in total. The maximum Gasteiger partial charge on any atom is 0.573 e. The molecule has 0 aliphatic carbocycles. The average Bonchev–Trinajstić information content (AvgIpc) is 2.48. The van der Waals surface area contributed by atoms with Crippen LogP contribution in [-0.4, -0.2) is 42.8 Å². The Hall–Kier alpha value is -1.51. The topological polar surface area (TPSA) is 67.6 Å². The van der Waals surface area contributed by atoms with E-state index in [2.05, 4.69) is 28.8 Å². The van der Waals surface area contributed by atoms with E-state index >= 15 is 0 Å². The third-order valence-corrected chi connectivity index (χ3v) is 4.41. The Kier molecular flexibility index (Phi) is 7.73. The molecule has 1 atom stereocenters. The van der Waals surface area contributed by atoms with Gasteiger partial charge in [0, 0.05) is 25.7 Å². The van der Waals surface area contributed by atoms with Gasteiger partial charge in [0.15, 0.2) is 0 Å². The van der Waals surface area contributed by atoms with Gasteiger partial charge in [0.1, 0.15) is 5.75 Å². The molecular formula is C17H25ClF3N3O2. The molecule has 1 aromatic carbocycles. The first-order valence-electron chi connectivity index (χ1n) is 8.14. The Bertz CT molecular complexity index is 594. The van der Waals surface area contributed by atoms with Crippen LogP contribution in [0.2, 0.25) is 0 Å². The third-order valence-electron chi connectivity index (χ3n) is 4.41. The molecule has 0 spiro atoms. The van der Waals surface area contributed by atoms with Crippen LogP contribution in [0, 0.1) is 5.41 Å². The van der Waals surface area contributed by atoms with Crippen LogP contribution >= 0.6 is 12.4 Å². The molecular weight excluding hydrogens is 371 g/mol. The largest absolute Gasteiger partial charge is 0.573 e. The minimum atomic E-state index is -4.71. The van der Waals surface area contributed by atoms with Crippen LogP contribution in [0.1, 0.15) is 25.8 Å². The van der Waals surface area contributed by atoms with Crippen molar-refractivity contribution in [1.29, 1.82) is 0 Å². The van der Waals surface area contributed by atoms with E-state index in [0.717, 1.165) is 19.5 Å². The molecule has 1 unspecified atom stereocenters. The van der Waals surface area contributed by atoms with Gasteiger partial charge < -0.3 is 15.8 Å². The number of hydrogen-bond donors (Lipinski definition) is 2. The first-order chi connectivity index (χ1) is 11.5. The molecule has 0 bridgehead atoms. The standard InChI is InChI=1S/C17H24F3N3O2.ClH/c1-16(2)11-23(8-7-14(16)21)10-15(24)22-9-12-3-5-13(6-4-12)25-17(18,19)20;/h3-6,14H,7-11,21H2,1-2H3,(H,22,24);1H. The van der Waals surface area contributed by atoms with Gasteiger partial charge in [0.2, 0.25) is 5.91 Å². The van der Waals surface area contributed by atoms with Crippen molar-refractivity contribution in [2.24, 2.45) is 11.1 Å². The Morgan fingerprint density at radius 2 is 1.96 bits per heavy atom. The van der Waals surface area contributed by atoms with Crippen molar-refractivity contribution in [1.82, 2.24) is 10.2 Å². The number of ether oxygens (including phenoxy) is 1. The molecule has 2 rings (SSSR count). The molecule has 1 fully saturated rings. The first kappa shape index (κ1) is 22.5. The van der Waals surface area contributed by atoms with Gasteiger partial charge in [0.05, 0.1) is 6.54 Å². The molecule has 1 aliphatic heterocycles. The second kappa shape index (κ2) is 8.92. The number of carbonyl (C=O) groups excluding carboxylic acids is 1. The first-order valence-corrected chi connectivity index (χ1v) is 8.14. The highest BCUT2D eigenvalue weighted by Crippen LogP contribution is 2.27. The summed E-state index contributed by atoms with van der Waals surface area (Å²) in [6.07, 6.45) is -3.86. The van der Waals surface area contributed by atoms with Gasteiger partial charge in [0.25, 0.3) is 0 Å². The van der Waals surface area contributed by atoms with Crippen molar-refractivity contribution in [3.05, 3.63) is 29.8 Å². The van der Waals surface area contributed by atoms with Crippen LogP contribution in [-0.2, 0) is 11.3 Å². The van der Waals surface area contributed by atoms with E-state index in [1.54, 1.807) is 0 Å². The summed E-state index contributed by atoms with van der Waals surface area (Å²) in [5.41, 5.74) is 6.75. The predicted molar refractivity (Wildman–Crippen MR) is 95.0 cm³/mol. The smallest absolute Gasteiger partial charge is 0.406 e. The number of likely N-dealkylation sites (tertiary alicyclic amines) is 1. The molecule has 0 radical (unpaired) electrons. The summed E-state index contributed by atoms with van der Waals surface area (Å²) in [5, 5.41) is 2.78. The van der Waals surface area contributed by atoms with Gasteiger partial charge in [-0.25, -0.2) is 0 Å². The van der Waals surface area contributed by atoms with Gasteiger partial charge in [-0.05, 0) is 29.5 Å². The molecule has 148 valence electrons. The van der Waals surface area contributed by atoms with Crippen LogP contribution < -0.4 is 15.8 Å². The van der Waals surface area contributed by atoms with E-state index in [1.807, 2.05) is 0 Å². The summed E-state index contributed by atoms with van der Waals surface area (Å²) in [7, 11) is 0. The fourth-order valence-corrected chi connectivity index (χ4v) is 2.89. The van der Waals surface area contributed by atoms with Crippen molar-refractivity contribution < 1.29 is 22.7 Å². The molecule has 26 heavy (non-hydrogen) atoms. The van der Waals surface area contributed by atoms with Crippen molar-refractivity contribution in [3.8, 4) is 5.75 Å². The molecule has 1 amide bonds. The zero-order valence-electron chi connectivity index (χ0n) is 14.8. The number of nitrogens with two attached hydrogens (primary N) is 1. The van der Waals surface area contributed by atoms with Crippen LogP contribution in [0.25, 0.3) is 0 Å². The number of nitrogens with one attached hydrogen (secondary N) is 1. The zero-order chi connectivity index (χ0) is 18.7. The van der Waals surface area contributed by atoms with E-state index in [1.165, 1.54) is 24.3 Å². The minimum absolute atomic E-state index is 0. The monoisotopic (exact) mass is 395 g/mol. The molecule has 3 N–H and O–H groups in total. The maximum absolute atomic E-state index is 12.1. The molecule has 9 heteroatoms. The van der Waals surface area contributed by atoms with Crippen LogP contribution in [0.4, 0.5) is 13.2 Å². The Morgan fingerprint density at radius 1 is 1.35 bits per heavy atom. The maximum atomic E-state index is 12.1. The van der Waals surface area contributed by atoms with Crippen molar-refractivity contribution >= 4 is 18.3 Å². The molecule has 1 aromatic rings. The lowest BCUT2D eigenvalue weighted by Gasteiger charge is -2.42. The Labute approximate surface area is 157 Å². The highest BCUT2D eigenvalue weighted by Gasteiger charge is 2.34. The lowest BCUT2D eigenvalue weighted by Crippen LogP contribution is -2.54. The van der Waals surface area contributed by atoms with Crippen molar-refractivity contribution in [2.75, 3.05) is 19.6 Å². The van der Waals surface area contributed by atoms with E-state index < -0.39 is 6.36 Å². The number of nitrogens with zero attached hydrogens (tertiary/aromatic N) is 1. The summed E-state index contributed by atoms with van der Waals surface area (Å²) in [4.78, 5) is 14.1. The molecule has 1 heterocycles. The molecule has 1 aliphatic rings. The summed E-state index contributed by atoms with van der Waals surface area (Å²) >= 11 is 0. The Balaban J connectivity index is 0.00000338. The Morgan fingerprint density at radius 3 is 2.50 bits per heavy atom. The van der Waals surface area contributed by atoms with E-state index in [0.29, 0.717) is 5.56 Å². The lowest BCUT2D eigenvalue weighted by atomic mass is 9.80. The van der Waals surface area contributed by atoms with E-state index in [4.69, 9.17) is 5.73 Å². The normalized spacial score (nSPS) is 20.2. The minimum Gasteiger partial charge on any atom is -0.406 e. The number of halogens is 4. The van der Waals surface area contributed by atoms with Crippen LogP contribution in [0.3, 0.4) is 0 Å². The predicted octanol–water partition coefficient (Wildman–Crippen LogP) is 2.68. The number of benzene rings is 1.